The van der Waals surface area contributed by atoms with Crippen LogP contribution in [-0.2, 0) is 11.3 Å². The molecule has 26 heavy (non-hydrogen) atoms. The molecule has 4 rings (SSSR count). The molecule has 0 bridgehead atoms. The number of hydrogen-bond acceptors (Lipinski definition) is 4. The third-order valence-electron chi connectivity index (χ3n) is 5.95. The summed E-state index contributed by atoms with van der Waals surface area (Å²) in [6, 6.07) is 1.92. The molecule has 1 N–H and O–H groups in total. The van der Waals surface area contributed by atoms with Crippen molar-refractivity contribution in [1.29, 1.82) is 0 Å². The number of ether oxygens (including phenoxy) is 1. The Labute approximate surface area is 153 Å². The van der Waals surface area contributed by atoms with Crippen LogP contribution in [0.2, 0.25) is 0 Å². The van der Waals surface area contributed by atoms with Crippen molar-refractivity contribution in [3.63, 3.8) is 0 Å². The van der Waals surface area contributed by atoms with Crippen LogP contribution in [0.15, 0.2) is 18.5 Å². The molecule has 1 aromatic heterocycles. The van der Waals surface area contributed by atoms with Crippen LogP contribution in [0.1, 0.15) is 32.1 Å². The molecule has 3 fully saturated rings. The molecule has 8 nitrogen and oxygen atoms in total. The zero-order valence-corrected chi connectivity index (χ0v) is 15.3. The maximum Gasteiger partial charge on any atom is 0.410 e. The molecule has 1 atom stereocenters. The highest BCUT2D eigenvalue weighted by Gasteiger charge is 2.46. The molecule has 1 spiro atoms. The van der Waals surface area contributed by atoms with Crippen LogP contribution >= 0.6 is 0 Å². The lowest BCUT2D eigenvalue weighted by Crippen LogP contribution is -2.44. The first-order valence-corrected chi connectivity index (χ1v) is 9.44. The molecule has 1 aliphatic carbocycles. The topological polar surface area (TPSA) is 79.7 Å². The number of carbonyl (C=O) groups excluding carboxylic acids is 2. The highest BCUT2D eigenvalue weighted by molar-refractivity contribution is 5.74. The number of hydrogen-bond donors (Lipinski definition) is 1. The first-order valence-electron chi connectivity index (χ1n) is 9.44. The number of likely N-dealkylation sites (tertiary alicyclic amines) is 1. The number of nitrogens with one attached hydrogen (secondary N) is 1. The predicted octanol–water partition coefficient (Wildman–Crippen LogP) is 1.68. The Morgan fingerprint density at radius 2 is 2.15 bits per heavy atom. The average Bonchev–Trinajstić information content (AvgIpc) is 3.14. The van der Waals surface area contributed by atoms with Gasteiger partial charge in [-0.2, -0.15) is 5.10 Å². The fraction of sp³-hybridized carbons (Fsp3) is 0.722. The fourth-order valence-corrected chi connectivity index (χ4v) is 4.10. The summed E-state index contributed by atoms with van der Waals surface area (Å²) >= 11 is 0. The lowest BCUT2D eigenvalue weighted by atomic mass is 9.95. The van der Waals surface area contributed by atoms with Gasteiger partial charge in [0.15, 0.2) is 0 Å². The normalized spacial score (nSPS) is 27.3. The van der Waals surface area contributed by atoms with Gasteiger partial charge in [0.1, 0.15) is 5.60 Å². The molecule has 8 heteroatoms. The van der Waals surface area contributed by atoms with Gasteiger partial charge in [0.05, 0.1) is 6.54 Å². The van der Waals surface area contributed by atoms with Crippen molar-refractivity contribution in [3.05, 3.63) is 18.5 Å². The van der Waals surface area contributed by atoms with E-state index in [9.17, 15) is 9.59 Å². The number of aromatic nitrogens is 2. The lowest BCUT2D eigenvalue weighted by molar-refractivity contribution is 0.0453. The SMILES string of the molecule is CN1C[C@]2(CCCN(C(=O)NCC3(Cn4cccn4)CC3)CC2)OC1=O. The number of rotatable bonds is 4. The zero-order chi connectivity index (χ0) is 18.2. The number of amides is 3. The lowest BCUT2D eigenvalue weighted by Gasteiger charge is -2.26. The van der Waals surface area contributed by atoms with Crippen LogP contribution in [0, 0.1) is 5.41 Å². The van der Waals surface area contributed by atoms with E-state index in [1.807, 2.05) is 21.8 Å². The molecule has 0 aromatic carbocycles. The summed E-state index contributed by atoms with van der Waals surface area (Å²) in [5.74, 6) is 0. The minimum Gasteiger partial charge on any atom is -0.441 e. The van der Waals surface area contributed by atoms with Crippen LogP contribution in [-0.4, -0.2) is 70.5 Å². The first-order chi connectivity index (χ1) is 12.5. The van der Waals surface area contributed by atoms with Gasteiger partial charge in [-0.15, -0.1) is 0 Å². The van der Waals surface area contributed by atoms with Crippen molar-refractivity contribution >= 4 is 12.1 Å². The van der Waals surface area contributed by atoms with Gasteiger partial charge in [-0.25, -0.2) is 9.59 Å². The summed E-state index contributed by atoms with van der Waals surface area (Å²) < 4.78 is 7.56. The average molecular weight is 361 g/mol. The molecule has 0 unspecified atom stereocenters. The van der Waals surface area contributed by atoms with Gasteiger partial charge < -0.3 is 19.9 Å². The maximum atomic E-state index is 12.6. The van der Waals surface area contributed by atoms with Gasteiger partial charge in [-0.05, 0) is 31.7 Å². The Bertz CT molecular complexity index is 672. The van der Waals surface area contributed by atoms with Crippen LogP contribution < -0.4 is 5.32 Å². The van der Waals surface area contributed by atoms with Gasteiger partial charge in [-0.1, -0.05) is 0 Å². The van der Waals surface area contributed by atoms with Gasteiger partial charge >= 0.3 is 12.1 Å². The summed E-state index contributed by atoms with van der Waals surface area (Å²) in [5.41, 5.74) is -0.267. The van der Waals surface area contributed by atoms with E-state index < -0.39 is 5.60 Å². The Morgan fingerprint density at radius 3 is 2.81 bits per heavy atom. The largest absolute Gasteiger partial charge is 0.441 e. The summed E-state index contributed by atoms with van der Waals surface area (Å²) in [5, 5.41) is 7.39. The number of urea groups is 1. The zero-order valence-electron chi connectivity index (χ0n) is 15.3. The van der Waals surface area contributed by atoms with E-state index in [1.54, 1.807) is 18.1 Å². The third kappa shape index (κ3) is 3.50. The smallest absolute Gasteiger partial charge is 0.410 e. The Hall–Kier alpha value is -2.25. The monoisotopic (exact) mass is 361 g/mol. The second-order valence-corrected chi connectivity index (χ2v) is 8.11. The van der Waals surface area contributed by atoms with E-state index in [1.165, 1.54) is 0 Å². The van der Waals surface area contributed by atoms with Gasteiger partial charge in [0.25, 0.3) is 0 Å². The summed E-state index contributed by atoms with van der Waals surface area (Å²) in [6.07, 6.45) is 8.12. The number of nitrogens with zero attached hydrogens (tertiary/aromatic N) is 4. The third-order valence-corrected chi connectivity index (χ3v) is 5.95. The molecule has 1 aromatic rings. The molecule has 0 radical (unpaired) electrons. The van der Waals surface area contributed by atoms with Crippen molar-refractivity contribution in [2.45, 2.75) is 44.2 Å². The second kappa shape index (κ2) is 6.48. The van der Waals surface area contributed by atoms with Crippen molar-refractivity contribution < 1.29 is 14.3 Å². The van der Waals surface area contributed by atoms with Crippen LogP contribution in [0.4, 0.5) is 9.59 Å². The molecule has 2 saturated heterocycles. The second-order valence-electron chi connectivity index (χ2n) is 8.11. The molecule has 1 saturated carbocycles. The van der Waals surface area contributed by atoms with Crippen molar-refractivity contribution in [2.24, 2.45) is 5.41 Å². The quantitative estimate of drug-likeness (QED) is 0.885. The van der Waals surface area contributed by atoms with E-state index in [2.05, 4.69) is 10.4 Å². The molecular formula is C18H27N5O3. The minimum absolute atomic E-state index is 0.00790. The summed E-state index contributed by atoms with van der Waals surface area (Å²) in [7, 11) is 1.77. The van der Waals surface area contributed by atoms with Gasteiger partial charge in [0, 0.05) is 57.5 Å². The van der Waals surface area contributed by atoms with E-state index in [0.29, 0.717) is 32.6 Å². The van der Waals surface area contributed by atoms with Crippen molar-refractivity contribution in [1.82, 2.24) is 24.9 Å². The molecular weight excluding hydrogens is 334 g/mol. The fourth-order valence-electron chi connectivity index (χ4n) is 4.10. The Morgan fingerprint density at radius 1 is 1.31 bits per heavy atom. The molecule has 142 valence electrons. The summed E-state index contributed by atoms with van der Waals surface area (Å²) in [4.78, 5) is 27.9. The van der Waals surface area contributed by atoms with Gasteiger partial charge in [-0.3, -0.25) is 4.68 Å². The first kappa shape index (κ1) is 17.2. The van der Waals surface area contributed by atoms with Crippen molar-refractivity contribution in [3.8, 4) is 0 Å². The van der Waals surface area contributed by atoms with Crippen LogP contribution in [0.25, 0.3) is 0 Å². The number of likely N-dealkylation sites (N-methyl/N-ethyl adjacent to an activating group) is 1. The molecule has 2 aliphatic heterocycles. The molecule has 3 aliphatic rings. The summed E-state index contributed by atoms with van der Waals surface area (Å²) in [6.45, 7) is 3.49. The minimum atomic E-state index is -0.418. The standard InChI is InChI=1S/C18H27N5O3/c1-21-14-18(26-16(21)25)4-2-9-22(11-7-18)15(24)19-12-17(5-6-17)13-23-10-3-8-20-23/h3,8,10H,2,4-7,9,11-14H2,1H3,(H,19,24)/t18-/m1/s1. The van der Waals surface area contributed by atoms with Crippen LogP contribution in [0.3, 0.4) is 0 Å². The molecule has 3 amide bonds. The highest BCUT2D eigenvalue weighted by Crippen LogP contribution is 2.46. The maximum absolute atomic E-state index is 12.6. The number of carbonyl (C=O) groups is 2. The van der Waals surface area contributed by atoms with Crippen LogP contribution in [0.5, 0.6) is 0 Å². The Kier molecular flexibility index (Phi) is 4.28. The predicted molar refractivity (Wildman–Crippen MR) is 94.6 cm³/mol. The molecule has 3 heterocycles. The van der Waals surface area contributed by atoms with E-state index in [4.69, 9.17) is 4.74 Å². The Balaban J connectivity index is 1.28. The highest BCUT2D eigenvalue weighted by atomic mass is 16.6. The van der Waals surface area contributed by atoms with Gasteiger partial charge in [0.2, 0.25) is 0 Å². The van der Waals surface area contributed by atoms with E-state index in [0.717, 1.165) is 32.2 Å². The van der Waals surface area contributed by atoms with Crippen molar-refractivity contribution in [2.75, 3.05) is 33.2 Å². The van der Waals surface area contributed by atoms with E-state index in [-0.39, 0.29) is 17.5 Å². The van der Waals surface area contributed by atoms with E-state index >= 15 is 0 Å².